The SMILES string of the molecule is C=C(C)/C=C(\C=C(/C)c1ccnc2c1C(C(C)(C)C)CC(=C)N2)C(C)(C)F.CCC.CCCNCC. The smallest absolute Gasteiger partial charge is 0.134 e. The van der Waals surface area contributed by atoms with Crippen LogP contribution in [0.15, 0.2) is 54.4 Å². The minimum Gasteiger partial charge on any atom is -0.344 e. The van der Waals surface area contributed by atoms with Gasteiger partial charge in [-0.15, -0.1) is 0 Å². The summed E-state index contributed by atoms with van der Waals surface area (Å²) in [5.41, 5.74) is 4.39. The van der Waals surface area contributed by atoms with Crippen molar-refractivity contribution < 1.29 is 4.39 Å². The van der Waals surface area contributed by atoms with Gasteiger partial charge in [-0.25, -0.2) is 9.37 Å². The maximum absolute atomic E-state index is 14.8. The lowest BCUT2D eigenvalue weighted by Crippen LogP contribution is -2.27. The Labute approximate surface area is 222 Å². The van der Waals surface area contributed by atoms with Gasteiger partial charge in [0.1, 0.15) is 11.5 Å². The van der Waals surface area contributed by atoms with Crippen LogP contribution in [0.4, 0.5) is 10.2 Å². The van der Waals surface area contributed by atoms with Gasteiger partial charge in [-0.3, -0.25) is 0 Å². The van der Waals surface area contributed by atoms with Gasteiger partial charge in [0.2, 0.25) is 0 Å². The summed E-state index contributed by atoms with van der Waals surface area (Å²) in [4.78, 5) is 4.55. The van der Waals surface area contributed by atoms with E-state index in [1.165, 1.54) is 18.4 Å². The molecule has 2 heterocycles. The maximum Gasteiger partial charge on any atom is 0.134 e. The topological polar surface area (TPSA) is 37.0 Å². The summed E-state index contributed by atoms with van der Waals surface area (Å²) in [7, 11) is 0. The van der Waals surface area contributed by atoms with Crippen LogP contribution < -0.4 is 10.6 Å². The molecule has 1 aliphatic heterocycles. The third-order valence-electron chi connectivity index (χ3n) is 5.69. The van der Waals surface area contributed by atoms with Crippen molar-refractivity contribution in [2.75, 3.05) is 18.4 Å². The molecular formula is C32H54FN3. The molecule has 0 spiro atoms. The highest BCUT2D eigenvalue weighted by Crippen LogP contribution is 2.47. The van der Waals surface area contributed by atoms with Gasteiger partial charge in [-0.1, -0.05) is 85.8 Å². The van der Waals surface area contributed by atoms with Crippen LogP contribution in [0.3, 0.4) is 0 Å². The zero-order chi connectivity index (χ0) is 28.1. The molecule has 3 nitrogen and oxygen atoms in total. The van der Waals surface area contributed by atoms with Crippen molar-refractivity contribution in [2.45, 2.75) is 107 Å². The number of rotatable bonds is 7. The number of allylic oxidation sites excluding steroid dienone is 6. The fourth-order valence-electron chi connectivity index (χ4n) is 3.89. The van der Waals surface area contributed by atoms with E-state index in [2.05, 4.69) is 77.2 Å². The molecule has 0 fully saturated rings. The number of anilines is 1. The normalized spacial score (nSPS) is 16.1. The van der Waals surface area contributed by atoms with Crippen LogP contribution in [-0.4, -0.2) is 23.7 Å². The highest BCUT2D eigenvalue weighted by Gasteiger charge is 2.34. The number of nitrogens with one attached hydrogen (secondary N) is 2. The summed E-state index contributed by atoms with van der Waals surface area (Å²) in [5.74, 6) is 1.15. The summed E-state index contributed by atoms with van der Waals surface area (Å²) in [6.45, 7) is 32.7. The fraction of sp³-hybridized carbons (Fsp3) is 0.594. The van der Waals surface area contributed by atoms with Gasteiger partial charge in [0, 0.05) is 17.5 Å². The monoisotopic (exact) mass is 499 g/mol. The van der Waals surface area contributed by atoms with Crippen LogP contribution in [0.25, 0.3) is 5.57 Å². The Morgan fingerprint density at radius 1 is 1.14 bits per heavy atom. The summed E-state index contributed by atoms with van der Waals surface area (Å²) in [6, 6.07) is 2.03. The van der Waals surface area contributed by atoms with Gasteiger partial charge < -0.3 is 10.6 Å². The number of aromatic nitrogens is 1. The minimum absolute atomic E-state index is 0.0631. The molecule has 1 aromatic rings. The quantitative estimate of drug-likeness (QED) is 0.289. The van der Waals surface area contributed by atoms with Crippen LogP contribution in [0.5, 0.6) is 0 Å². The predicted molar refractivity (Wildman–Crippen MR) is 160 cm³/mol. The third-order valence-corrected chi connectivity index (χ3v) is 5.69. The van der Waals surface area contributed by atoms with E-state index >= 15 is 0 Å². The average Bonchev–Trinajstić information content (AvgIpc) is 2.75. The van der Waals surface area contributed by atoms with Gasteiger partial charge in [0.05, 0.1) is 0 Å². The van der Waals surface area contributed by atoms with Gasteiger partial charge in [0.15, 0.2) is 0 Å². The van der Waals surface area contributed by atoms with E-state index in [0.717, 1.165) is 47.7 Å². The van der Waals surface area contributed by atoms with Gasteiger partial charge in [0.25, 0.3) is 0 Å². The van der Waals surface area contributed by atoms with Crippen LogP contribution >= 0.6 is 0 Å². The summed E-state index contributed by atoms with van der Waals surface area (Å²) >= 11 is 0. The number of hydrogen-bond acceptors (Lipinski definition) is 3. The third kappa shape index (κ3) is 11.7. The molecule has 1 aliphatic rings. The number of hydrogen-bond donors (Lipinski definition) is 2. The Kier molecular flexibility index (Phi) is 14.8. The van der Waals surface area contributed by atoms with Crippen LogP contribution in [0.2, 0.25) is 0 Å². The van der Waals surface area contributed by atoms with Crippen molar-refractivity contribution in [3.8, 4) is 0 Å². The van der Waals surface area contributed by atoms with E-state index in [4.69, 9.17) is 0 Å². The second-order valence-corrected chi connectivity index (χ2v) is 11.3. The Bertz CT molecular complexity index is 891. The molecule has 0 bridgehead atoms. The number of halogens is 1. The first-order valence-electron chi connectivity index (χ1n) is 13.5. The van der Waals surface area contributed by atoms with Crippen LogP contribution in [0.1, 0.15) is 112 Å². The number of alkyl halides is 1. The molecule has 2 rings (SSSR count). The molecule has 36 heavy (non-hydrogen) atoms. The van der Waals surface area contributed by atoms with Crippen LogP contribution in [0, 0.1) is 5.41 Å². The van der Waals surface area contributed by atoms with Crippen molar-refractivity contribution >= 4 is 11.4 Å². The molecule has 0 aromatic carbocycles. The first kappa shape index (κ1) is 33.8. The largest absolute Gasteiger partial charge is 0.344 e. The highest BCUT2D eigenvalue weighted by atomic mass is 19.1. The van der Waals surface area contributed by atoms with Crippen molar-refractivity contribution in [2.24, 2.45) is 5.41 Å². The van der Waals surface area contributed by atoms with Gasteiger partial charge in [-0.05, 0) is 87.7 Å². The number of pyridine rings is 1. The molecule has 0 radical (unpaired) electrons. The first-order chi connectivity index (χ1) is 16.6. The summed E-state index contributed by atoms with van der Waals surface area (Å²) < 4.78 is 14.8. The standard InChI is InChI=1S/C24H33FN2.C5H13N.C3H8/c1-15(2)12-18(24(8,9)25)13-16(3)19-10-11-26-22-21(19)20(23(5,6)7)14-17(4)27-22;1-3-5-6-4-2;1-3-2/h10-13,20H,1,4,14H2,2-3,5-9H3,(H,26,27);6H,3-5H2,1-2H3;3H2,1-2H3/b16-13+,18-12+;;. The molecule has 1 unspecified atom stereocenters. The van der Waals surface area contributed by atoms with Crippen molar-refractivity contribution in [1.82, 2.24) is 10.3 Å². The maximum atomic E-state index is 14.8. The number of fused-ring (bicyclic) bond motifs is 1. The Morgan fingerprint density at radius 3 is 2.14 bits per heavy atom. The molecule has 1 atom stereocenters. The lowest BCUT2D eigenvalue weighted by molar-refractivity contribution is 0.274. The molecule has 0 aliphatic carbocycles. The van der Waals surface area contributed by atoms with Crippen LogP contribution in [-0.2, 0) is 0 Å². The Morgan fingerprint density at radius 2 is 1.72 bits per heavy atom. The van der Waals surface area contributed by atoms with Crippen molar-refractivity contribution in [3.05, 3.63) is 65.5 Å². The van der Waals surface area contributed by atoms with Crippen molar-refractivity contribution in [3.63, 3.8) is 0 Å². The van der Waals surface area contributed by atoms with E-state index < -0.39 is 5.67 Å². The zero-order valence-electron chi connectivity index (χ0n) is 25.2. The molecular weight excluding hydrogens is 445 g/mol. The second kappa shape index (κ2) is 15.8. The predicted octanol–water partition coefficient (Wildman–Crippen LogP) is 9.62. The highest BCUT2D eigenvalue weighted by molar-refractivity contribution is 5.75. The molecule has 1 aromatic heterocycles. The molecule has 0 amide bonds. The lowest BCUT2D eigenvalue weighted by atomic mass is 9.71. The molecule has 4 heteroatoms. The van der Waals surface area contributed by atoms with E-state index in [1.54, 1.807) is 20.0 Å². The molecule has 204 valence electrons. The van der Waals surface area contributed by atoms with Gasteiger partial charge in [-0.2, -0.15) is 0 Å². The Balaban J connectivity index is 0.00000117. The Hall–Kier alpha value is -2.20. The lowest BCUT2D eigenvalue weighted by Gasteiger charge is -2.38. The molecule has 2 N–H and O–H groups in total. The van der Waals surface area contributed by atoms with E-state index in [-0.39, 0.29) is 5.41 Å². The summed E-state index contributed by atoms with van der Waals surface area (Å²) in [5, 5.41) is 6.54. The zero-order valence-corrected chi connectivity index (χ0v) is 25.2. The van der Waals surface area contributed by atoms with Crippen molar-refractivity contribution in [1.29, 1.82) is 0 Å². The molecule has 0 saturated carbocycles. The second-order valence-electron chi connectivity index (χ2n) is 11.3. The molecule has 0 saturated heterocycles. The number of nitrogens with zero attached hydrogens (tertiary/aromatic N) is 1. The average molecular weight is 500 g/mol. The first-order valence-corrected chi connectivity index (χ1v) is 13.5. The fourth-order valence-corrected chi connectivity index (χ4v) is 3.89. The minimum atomic E-state index is -1.44. The van der Waals surface area contributed by atoms with E-state index in [0.29, 0.717) is 11.5 Å². The van der Waals surface area contributed by atoms with E-state index in [1.807, 2.05) is 32.1 Å². The van der Waals surface area contributed by atoms with Gasteiger partial charge >= 0.3 is 0 Å². The van der Waals surface area contributed by atoms with E-state index in [9.17, 15) is 4.39 Å². The summed E-state index contributed by atoms with van der Waals surface area (Å²) in [6.07, 6.45) is 8.92.